The predicted molar refractivity (Wildman–Crippen MR) is 73.3 cm³/mol. The van der Waals surface area contributed by atoms with Gasteiger partial charge in [0, 0.05) is 18.8 Å². The van der Waals surface area contributed by atoms with Crippen LogP contribution in [0.3, 0.4) is 0 Å². The zero-order chi connectivity index (χ0) is 14.4. The lowest BCUT2D eigenvalue weighted by Crippen LogP contribution is -2.42. The number of aromatic nitrogens is 1. The van der Waals surface area contributed by atoms with Gasteiger partial charge in [0.2, 0.25) is 0 Å². The topological polar surface area (TPSA) is 71.2 Å². The minimum absolute atomic E-state index is 0.0683. The van der Waals surface area contributed by atoms with Crippen LogP contribution >= 0.6 is 0 Å². The highest BCUT2D eigenvalue weighted by atomic mass is 19.1. The quantitative estimate of drug-likeness (QED) is 0.815. The van der Waals surface area contributed by atoms with E-state index in [0.29, 0.717) is 0 Å². The summed E-state index contributed by atoms with van der Waals surface area (Å²) in [6, 6.07) is 1.26. The average Bonchev–Trinajstić information content (AvgIpc) is 2.38. The van der Waals surface area contributed by atoms with Crippen LogP contribution in [-0.2, 0) is 0 Å². The zero-order valence-corrected chi connectivity index (χ0v) is 11.6. The zero-order valence-electron chi connectivity index (χ0n) is 11.6. The third-order valence-corrected chi connectivity index (χ3v) is 2.96. The number of carbonyl (C=O) groups excluding carboxylic acids is 1. The number of pyridine rings is 1. The van der Waals surface area contributed by atoms with Crippen molar-refractivity contribution in [2.75, 3.05) is 25.4 Å². The summed E-state index contributed by atoms with van der Waals surface area (Å²) >= 11 is 0. The Labute approximate surface area is 113 Å². The van der Waals surface area contributed by atoms with Gasteiger partial charge in [0.05, 0.1) is 5.56 Å². The van der Waals surface area contributed by atoms with E-state index in [0.717, 1.165) is 19.6 Å². The Morgan fingerprint density at radius 3 is 2.74 bits per heavy atom. The summed E-state index contributed by atoms with van der Waals surface area (Å²) in [5, 5.41) is 2.76. The smallest absolute Gasteiger partial charge is 0.254 e. The number of hydrogen-bond donors (Lipinski definition) is 2. The van der Waals surface area contributed by atoms with E-state index < -0.39 is 11.7 Å². The van der Waals surface area contributed by atoms with Crippen LogP contribution in [0, 0.1) is 5.82 Å². The Balaban J connectivity index is 2.66. The number of carbonyl (C=O) groups is 1. The van der Waals surface area contributed by atoms with Crippen LogP contribution in [0.15, 0.2) is 12.3 Å². The summed E-state index contributed by atoms with van der Waals surface area (Å²) in [5.41, 5.74) is 5.27. The van der Waals surface area contributed by atoms with Crippen LogP contribution in [-0.4, -0.2) is 41.5 Å². The Kier molecular flexibility index (Phi) is 5.69. The van der Waals surface area contributed by atoms with Gasteiger partial charge in [-0.3, -0.25) is 4.79 Å². The number of rotatable bonds is 6. The molecule has 1 heterocycles. The number of nitrogen functional groups attached to an aromatic ring is 1. The lowest BCUT2D eigenvalue weighted by atomic mass is 10.2. The highest BCUT2D eigenvalue weighted by Crippen LogP contribution is 2.11. The molecule has 5 nitrogen and oxygen atoms in total. The van der Waals surface area contributed by atoms with E-state index in [9.17, 15) is 9.18 Å². The van der Waals surface area contributed by atoms with Crippen molar-refractivity contribution in [1.82, 2.24) is 15.2 Å². The number of anilines is 1. The van der Waals surface area contributed by atoms with Crippen LogP contribution in [0.4, 0.5) is 10.2 Å². The van der Waals surface area contributed by atoms with Crippen molar-refractivity contribution in [1.29, 1.82) is 0 Å². The van der Waals surface area contributed by atoms with Crippen LogP contribution < -0.4 is 11.1 Å². The van der Waals surface area contributed by atoms with Crippen molar-refractivity contribution < 1.29 is 9.18 Å². The normalized spacial score (nSPS) is 12.5. The first-order chi connectivity index (χ1) is 8.99. The molecule has 1 aromatic rings. The molecule has 19 heavy (non-hydrogen) atoms. The monoisotopic (exact) mass is 268 g/mol. The van der Waals surface area contributed by atoms with Gasteiger partial charge < -0.3 is 16.0 Å². The molecule has 3 N–H and O–H groups in total. The van der Waals surface area contributed by atoms with Crippen molar-refractivity contribution >= 4 is 11.7 Å². The second kappa shape index (κ2) is 7.04. The number of nitrogens with one attached hydrogen (secondary N) is 1. The first-order valence-electron chi connectivity index (χ1n) is 6.42. The molecular weight excluding hydrogens is 247 g/mol. The summed E-state index contributed by atoms with van der Waals surface area (Å²) in [6.07, 6.45) is 1.32. The Morgan fingerprint density at radius 1 is 1.53 bits per heavy atom. The summed E-state index contributed by atoms with van der Waals surface area (Å²) in [6.45, 7) is 8.54. The third-order valence-electron chi connectivity index (χ3n) is 2.96. The van der Waals surface area contributed by atoms with Crippen LogP contribution in [0.2, 0.25) is 0 Å². The molecule has 0 saturated carbocycles. The number of likely N-dealkylation sites (N-methyl/N-ethyl adjacent to an activating group) is 1. The summed E-state index contributed by atoms with van der Waals surface area (Å²) in [5.74, 6) is -1.50. The van der Waals surface area contributed by atoms with Gasteiger partial charge >= 0.3 is 0 Å². The lowest BCUT2D eigenvalue weighted by Gasteiger charge is -2.23. The molecule has 0 saturated heterocycles. The molecule has 0 bridgehead atoms. The standard InChI is InChI=1S/C13H21FN4O/c1-4-18(5-2)8-9(3)17-13(19)10-6-7-16-12(15)11(10)14/h6-7,9H,4-5,8H2,1-3H3,(H2,15,16)(H,17,19). The Bertz CT molecular complexity index is 435. The molecule has 106 valence electrons. The molecule has 6 heteroatoms. The highest BCUT2D eigenvalue weighted by Gasteiger charge is 2.17. The van der Waals surface area contributed by atoms with Crippen molar-refractivity contribution in [3.05, 3.63) is 23.6 Å². The van der Waals surface area contributed by atoms with Gasteiger partial charge in [0.1, 0.15) is 0 Å². The highest BCUT2D eigenvalue weighted by molar-refractivity contribution is 5.95. The molecule has 0 aromatic carbocycles. The number of amides is 1. The molecule has 1 aromatic heterocycles. The molecule has 0 aliphatic heterocycles. The maximum absolute atomic E-state index is 13.6. The maximum atomic E-state index is 13.6. The van der Waals surface area contributed by atoms with E-state index in [1.165, 1.54) is 12.3 Å². The molecule has 1 rings (SSSR count). The van der Waals surface area contributed by atoms with E-state index in [1.54, 1.807) is 0 Å². The van der Waals surface area contributed by atoms with E-state index in [4.69, 9.17) is 5.73 Å². The summed E-state index contributed by atoms with van der Waals surface area (Å²) in [7, 11) is 0. The fraction of sp³-hybridized carbons (Fsp3) is 0.538. The fourth-order valence-electron chi connectivity index (χ4n) is 1.85. The second-order valence-corrected chi connectivity index (χ2v) is 4.42. The van der Waals surface area contributed by atoms with Gasteiger partial charge in [0.15, 0.2) is 11.6 Å². The van der Waals surface area contributed by atoms with Crippen molar-refractivity contribution in [2.24, 2.45) is 0 Å². The van der Waals surface area contributed by atoms with E-state index in [1.807, 2.05) is 6.92 Å². The van der Waals surface area contributed by atoms with Gasteiger partial charge in [0.25, 0.3) is 5.91 Å². The fourth-order valence-corrected chi connectivity index (χ4v) is 1.85. The number of nitrogens with zero attached hydrogens (tertiary/aromatic N) is 2. The minimum atomic E-state index is -0.768. The van der Waals surface area contributed by atoms with Crippen molar-refractivity contribution in [2.45, 2.75) is 26.8 Å². The van der Waals surface area contributed by atoms with E-state index in [-0.39, 0.29) is 17.4 Å². The number of nitrogens with two attached hydrogens (primary N) is 1. The van der Waals surface area contributed by atoms with Gasteiger partial charge in [-0.25, -0.2) is 9.37 Å². The molecule has 1 unspecified atom stereocenters. The van der Waals surface area contributed by atoms with Crippen molar-refractivity contribution in [3.8, 4) is 0 Å². The first kappa shape index (κ1) is 15.4. The van der Waals surface area contributed by atoms with Crippen molar-refractivity contribution in [3.63, 3.8) is 0 Å². The number of hydrogen-bond acceptors (Lipinski definition) is 4. The third kappa shape index (κ3) is 4.17. The minimum Gasteiger partial charge on any atom is -0.381 e. The summed E-state index contributed by atoms with van der Waals surface area (Å²) < 4.78 is 13.6. The average molecular weight is 268 g/mol. The van der Waals surface area contributed by atoms with Gasteiger partial charge in [-0.2, -0.15) is 0 Å². The SMILES string of the molecule is CCN(CC)CC(C)NC(=O)c1ccnc(N)c1F. The molecular formula is C13H21FN4O. The Morgan fingerprint density at radius 2 is 2.16 bits per heavy atom. The largest absolute Gasteiger partial charge is 0.381 e. The molecule has 0 aliphatic carbocycles. The molecule has 1 atom stereocenters. The van der Waals surface area contributed by atoms with E-state index >= 15 is 0 Å². The molecule has 1 amide bonds. The number of halogens is 1. The van der Waals surface area contributed by atoms with Gasteiger partial charge in [-0.15, -0.1) is 0 Å². The first-order valence-corrected chi connectivity index (χ1v) is 6.42. The van der Waals surface area contributed by atoms with Crippen LogP contribution in [0.25, 0.3) is 0 Å². The van der Waals surface area contributed by atoms with Gasteiger partial charge in [-0.1, -0.05) is 13.8 Å². The maximum Gasteiger partial charge on any atom is 0.254 e. The summed E-state index contributed by atoms with van der Waals surface area (Å²) in [4.78, 5) is 17.7. The molecule has 0 fully saturated rings. The Hall–Kier alpha value is -1.69. The van der Waals surface area contributed by atoms with E-state index in [2.05, 4.69) is 29.0 Å². The van der Waals surface area contributed by atoms with Crippen LogP contribution in [0.5, 0.6) is 0 Å². The molecule has 0 aliphatic rings. The molecule has 0 spiro atoms. The lowest BCUT2D eigenvalue weighted by molar-refractivity contribution is 0.0926. The predicted octanol–water partition coefficient (Wildman–Crippen LogP) is 1.26. The van der Waals surface area contributed by atoms with Crippen LogP contribution in [0.1, 0.15) is 31.1 Å². The second-order valence-electron chi connectivity index (χ2n) is 4.42. The molecule has 0 radical (unpaired) electrons. The van der Waals surface area contributed by atoms with Gasteiger partial charge in [-0.05, 0) is 26.1 Å².